The van der Waals surface area contributed by atoms with E-state index in [1.807, 2.05) is 11.7 Å². The molecule has 96 valence electrons. The number of rotatable bonds is 2. The molecule has 2 heterocycles. The van der Waals surface area contributed by atoms with Gasteiger partial charge in [0.1, 0.15) is 4.60 Å². The molecule has 0 unspecified atom stereocenters. The van der Waals surface area contributed by atoms with Gasteiger partial charge in [0.05, 0.1) is 5.52 Å². The van der Waals surface area contributed by atoms with Gasteiger partial charge in [-0.05, 0) is 33.6 Å². The fourth-order valence-corrected chi connectivity index (χ4v) is 3.05. The molecular weight excluding hydrogens is 292 g/mol. The zero-order valence-electron chi connectivity index (χ0n) is 10.5. The number of nitrogens with one attached hydrogen (secondary N) is 1. The molecule has 18 heavy (non-hydrogen) atoms. The minimum Gasteiger partial charge on any atom is -0.314 e. The molecule has 0 saturated carbocycles. The first kappa shape index (κ1) is 12.1. The highest BCUT2D eigenvalue weighted by molar-refractivity contribution is 9.10. The Bertz CT molecular complexity index is 557. The summed E-state index contributed by atoms with van der Waals surface area (Å²) in [5.41, 5.74) is 2.53. The van der Waals surface area contributed by atoms with Crippen molar-refractivity contribution in [2.75, 3.05) is 26.2 Å². The van der Waals surface area contributed by atoms with E-state index in [1.54, 1.807) is 0 Å². The molecule has 3 rings (SSSR count). The van der Waals surface area contributed by atoms with Crippen molar-refractivity contribution in [2.45, 2.75) is 6.54 Å². The molecule has 0 atom stereocenters. The molecule has 1 fully saturated rings. The van der Waals surface area contributed by atoms with Crippen LogP contribution in [0, 0.1) is 0 Å². The van der Waals surface area contributed by atoms with E-state index < -0.39 is 0 Å². The van der Waals surface area contributed by atoms with Crippen molar-refractivity contribution >= 4 is 26.8 Å². The number of fused-ring (bicyclic) bond motifs is 1. The SMILES string of the molecule is Cn1nc(Br)c2cc(CN3CCNCC3)ccc21. The van der Waals surface area contributed by atoms with Crippen molar-refractivity contribution in [1.82, 2.24) is 20.0 Å². The van der Waals surface area contributed by atoms with Crippen molar-refractivity contribution in [1.29, 1.82) is 0 Å². The lowest BCUT2D eigenvalue weighted by molar-refractivity contribution is 0.233. The van der Waals surface area contributed by atoms with E-state index in [4.69, 9.17) is 0 Å². The van der Waals surface area contributed by atoms with E-state index in [-0.39, 0.29) is 0 Å². The first-order valence-corrected chi connectivity index (χ1v) is 7.07. The van der Waals surface area contributed by atoms with E-state index in [0.29, 0.717) is 0 Å². The van der Waals surface area contributed by atoms with Crippen molar-refractivity contribution in [3.63, 3.8) is 0 Å². The number of aromatic nitrogens is 2. The van der Waals surface area contributed by atoms with Crippen molar-refractivity contribution in [3.05, 3.63) is 28.4 Å². The van der Waals surface area contributed by atoms with Crippen LogP contribution in [0.5, 0.6) is 0 Å². The Kier molecular flexibility index (Phi) is 3.37. The van der Waals surface area contributed by atoms with Gasteiger partial charge < -0.3 is 5.32 Å². The molecule has 0 spiro atoms. The molecule has 1 aromatic heterocycles. The maximum absolute atomic E-state index is 4.39. The number of benzene rings is 1. The first-order chi connectivity index (χ1) is 8.74. The number of halogens is 1. The van der Waals surface area contributed by atoms with Crippen LogP contribution in [0.15, 0.2) is 22.8 Å². The zero-order valence-corrected chi connectivity index (χ0v) is 12.1. The predicted molar refractivity (Wildman–Crippen MR) is 76.6 cm³/mol. The van der Waals surface area contributed by atoms with Crippen LogP contribution in [-0.2, 0) is 13.6 Å². The Morgan fingerprint density at radius 2 is 2.11 bits per heavy atom. The van der Waals surface area contributed by atoms with E-state index >= 15 is 0 Å². The van der Waals surface area contributed by atoms with Crippen LogP contribution in [0.4, 0.5) is 0 Å². The quantitative estimate of drug-likeness (QED) is 0.917. The molecule has 4 nitrogen and oxygen atoms in total. The highest BCUT2D eigenvalue weighted by Crippen LogP contribution is 2.24. The highest BCUT2D eigenvalue weighted by Gasteiger charge is 2.11. The van der Waals surface area contributed by atoms with Gasteiger partial charge in [0.25, 0.3) is 0 Å². The van der Waals surface area contributed by atoms with Gasteiger partial charge in [-0.3, -0.25) is 9.58 Å². The first-order valence-electron chi connectivity index (χ1n) is 6.28. The average Bonchev–Trinajstić information content (AvgIpc) is 2.66. The Hall–Kier alpha value is -0.910. The van der Waals surface area contributed by atoms with Gasteiger partial charge >= 0.3 is 0 Å². The molecule has 0 radical (unpaired) electrons. The lowest BCUT2D eigenvalue weighted by atomic mass is 10.1. The molecule has 1 aliphatic heterocycles. The summed E-state index contributed by atoms with van der Waals surface area (Å²) in [6.45, 7) is 5.48. The topological polar surface area (TPSA) is 33.1 Å². The summed E-state index contributed by atoms with van der Waals surface area (Å²) in [6.07, 6.45) is 0. The lowest BCUT2D eigenvalue weighted by Crippen LogP contribution is -2.42. The molecule has 2 aromatic rings. The summed E-state index contributed by atoms with van der Waals surface area (Å²) in [7, 11) is 1.98. The van der Waals surface area contributed by atoms with Gasteiger partial charge in [-0.1, -0.05) is 6.07 Å². The molecule has 1 aliphatic rings. The Balaban J connectivity index is 1.86. The van der Waals surface area contributed by atoms with Crippen LogP contribution < -0.4 is 5.32 Å². The molecule has 5 heteroatoms. The summed E-state index contributed by atoms with van der Waals surface area (Å²) in [4.78, 5) is 2.49. The van der Waals surface area contributed by atoms with Gasteiger partial charge in [0.2, 0.25) is 0 Å². The monoisotopic (exact) mass is 308 g/mol. The summed E-state index contributed by atoms with van der Waals surface area (Å²) in [6, 6.07) is 6.61. The van der Waals surface area contributed by atoms with Crippen LogP contribution in [0.25, 0.3) is 10.9 Å². The standard InChI is InChI=1S/C13H17BrN4/c1-17-12-3-2-10(8-11(12)13(14)16-17)9-18-6-4-15-5-7-18/h2-3,8,15H,4-7,9H2,1H3. The van der Waals surface area contributed by atoms with E-state index in [1.165, 1.54) is 16.5 Å². The average molecular weight is 309 g/mol. The van der Waals surface area contributed by atoms with Crippen LogP contribution in [0.2, 0.25) is 0 Å². The largest absolute Gasteiger partial charge is 0.314 e. The predicted octanol–water partition coefficient (Wildman–Crippen LogP) is 1.74. The van der Waals surface area contributed by atoms with Crippen molar-refractivity contribution < 1.29 is 0 Å². The third-order valence-corrected chi connectivity index (χ3v) is 4.07. The normalized spacial score (nSPS) is 17.4. The van der Waals surface area contributed by atoms with E-state index in [0.717, 1.165) is 37.3 Å². The van der Waals surface area contributed by atoms with Gasteiger partial charge in [-0.25, -0.2) is 0 Å². The maximum Gasteiger partial charge on any atom is 0.135 e. The molecule has 0 amide bonds. The molecule has 1 N–H and O–H groups in total. The second kappa shape index (κ2) is 4.99. The van der Waals surface area contributed by atoms with Crippen molar-refractivity contribution in [2.24, 2.45) is 7.05 Å². The fraction of sp³-hybridized carbons (Fsp3) is 0.462. The summed E-state index contributed by atoms with van der Waals surface area (Å²) in [5, 5.41) is 8.97. The van der Waals surface area contributed by atoms with Crippen LogP contribution >= 0.6 is 15.9 Å². The minimum atomic E-state index is 0.933. The highest BCUT2D eigenvalue weighted by atomic mass is 79.9. The molecule has 0 aliphatic carbocycles. The number of hydrogen-bond donors (Lipinski definition) is 1. The minimum absolute atomic E-state index is 0.933. The van der Waals surface area contributed by atoms with Gasteiger partial charge in [-0.15, -0.1) is 0 Å². The number of nitrogens with zero attached hydrogens (tertiary/aromatic N) is 3. The molecular formula is C13H17BrN4. The summed E-state index contributed by atoms with van der Waals surface area (Å²) < 4.78 is 2.84. The summed E-state index contributed by atoms with van der Waals surface area (Å²) in [5.74, 6) is 0. The van der Waals surface area contributed by atoms with E-state index in [2.05, 4.69) is 49.4 Å². The Labute approximate surface area is 115 Å². The fourth-order valence-electron chi connectivity index (χ4n) is 2.50. The third kappa shape index (κ3) is 2.30. The molecule has 1 aromatic carbocycles. The number of hydrogen-bond acceptors (Lipinski definition) is 3. The zero-order chi connectivity index (χ0) is 12.5. The van der Waals surface area contributed by atoms with Gasteiger partial charge in [0.15, 0.2) is 0 Å². The smallest absolute Gasteiger partial charge is 0.135 e. The summed E-state index contributed by atoms with van der Waals surface area (Å²) >= 11 is 3.52. The van der Waals surface area contributed by atoms with E-state index in [9.17, 15) is 0 Å². The number of piperazine rings is 1. The Morgan fingerprint density at radius 3 is 2.89 bits per heavy atom. The second-order valence-corrected chi connectivity index (χ2v) is 5.54. The van der Waals surface area contributed by atoms with Crippen molar-refractivity contribution in [3.8, 4) is 0 Å². The van der Waals surface area contributed by atoms with Crippen LogP contribution in [0.1, 0.15) is 5.56 Å². The molecule has 1 saturated heterocycles. The van der Waals surface area contributed by atoms with Crippen LogP contribution in [0.3, 0.4) is 0 Å². The van der Waals surface area contributed by atoms with Gasteiger partial charge in [0, 0.05) is 45.2 Å². The maximum atomic E-state index is 4.39. The Morgan fingerprint density at radius 1 is 1.33 bits per heavy atom. The second-order valence-electron chi connectivity index (χ2n) is 4.79. The molecule has 0 bridgehead atoms. The third-order valence-electron chi connectivity index (χ3n) is 3.49. The lowest BCUT2D eigenvalue weighted by Gasteiger charge is -2.27. The number of aryl methyl sites for hydroxylation is 1. The van der Waals surface area contributed by atoms with Gasteiger partial charge in [-0.2, -0.15) is 5.10 Å². The van der Waals surface area contributed by atoms with Crippen LogP contribution in [-0.4, -0.2) is 40.9 Å².